The van der Waals surface area contributed by atoms with E-state index in [0.29, 0.717) is 5.92 Å². The monoisotopic (exact) mass is 323 g/mol. The first-order valence-electron chi connectivity index (χ1n) is 5.39. The van der Waals surface area contributed by atoms with Crippen LogP contribution in [0.2, 0.25) is 5.02 Å². The lowest BCUT2D eigenvalue weighted by Crippen LogP contribution is -2.19. The third-order valence-electron chi connectivity index (χ3n) is 3.23. The Balaban J connectivity index is 0.00000128. The molecule has 0 aromatic heterocycles. The minimum absolute atomic E-state index is 0. The lowest BCUT2D eigenvalue weighted by Gasteiger charge is -2.20. The van der Waals surface area contributed by atoms with Crippen LogP contribution in [0.4, 0.5) is 0 Å². The molecule has 2 N–H and O–H groups in total. The second-order valence-electron chi connectivity index (χ2n) is 4.24. The van der Waals surface area contributed by atoms with E-state index in [0.717, 1.165) is 15.1 Å². The number of hydrogen-bond acceptors (Lipinski definition) is 1. The highest BCUT2D eigenvalue weighted by molar-refractivity contribution is 9.10. The maximum Gasteiger partial charge on any atom is 0.0465 e. The van der Waals surface area contributed by atoms with E-state index in [-0.39, 0.29) is 18.4 Å². The standard InChI is InChI=1S/C12H15BrClN.ClH/c13-9-5-6-10(11(14)7-9)12(15)8-3-1-2-4-8;/h5-8,12H,1-4,15H2;1H/t12-;/m0./s1. The summed E-state index contributed by atoms with van der Waals surface area (Å²) in [5.74, 6) is 0.615. The van der Waals surface area contributed by atoms with Gasteiger partial charge in [0.2, 0.25) is 0 Å². The summed E-state index contributed by atoms with van der Waals surface area (Å²) < 4.78 is 1.01. The average Bonchev–Trinajstić information content (AvgIpc) is 2.69. The lowest BCUT2D eigenvalue weighted by molar-refractivity contribution is 0.445. The molecule has 1 fully saturated rings. The molecule has 0 spiro atoms. The summed E-state index contributed by atoms with van der Waals surface area (Å²) in [6.07, 6.45) is 5.11. The Morgan fingerprint density at radius 1 is 1.31 bits per heavy atom. The van der Waals surface area contributed by atoms with Gasteiger partial charge >= 0.3 is 0 Å². The molecule has 16 heavy (non-hydrogen) atoms. The van der Waals surface area contributed by atoms with Crippen LogP contribution in [0.15, 0.2) is 22.7 Å². The molecule has 1 aliphatic rings. The molecule has 0 saturated heterocycles. The van der Waals surface area contributed by atoms with E-state index < -0.39 is 0 Å². The van der Waals surface area contributed by atoms with Gasteiger partial charge in [-0.15, -0.1) is 12.4 Å². The van der Waals surface area contributed by atoms with Crippen LogP contribution in [-0.2, 0) is 0 Å². The van der Waals surface area contributed by atoms with Gasteiger partial charge in [0, 0.05) is 15.5 Å². The van der Waals surface area contributed by atoms with Crippen molar-refractivity contribution >= 4 is 39.9 Å². The molecular formula is C12H16BrCl2N. The van der Waals surface area contributed by atoms with Crippen molar-refractivity contribution in [3.63, 3.8) is 0 Å². The van der Waals surface area contributed by atoms with E-state index in [2.05, 4.69) is 15.9 Å². The van der Waals surface area contributed by atoms with Crippen LogP contribution < -0.4 is 5.73 Å². The van der Waals surface area contributed by atoms with E-state index in [1.165, 1.54) is 25.7 Å². The average molecular weight is 325 g/mol. The zero-order valence-electron chi connectivity index (χ0n) is 8.96. The molecule has 1 aromatic rings. The van der Waals surface area contributed by atoms with Crippen LogP contribution in [0, 0.1) is 5.92 Å². The molecule has 2 rings (SSSR count). The molecular weight excluding hydrogens is 309 g/mol. The van der Waals surface area contributed by atoms with E-state index in [1.807, 2.05) is 18.2 Å². The first-order chi connectivity index (χ1) is 7.18. The van der Waals surface area contributed by atoms with Gasteiger partial charge in [-0.3, -0.25) is 0 Å². The molecule has 4 heteroatoms. The molecule has 0 heterocycles. The lowest BCUT2D eigenvalue weighted by atomic mass is 9.92. The summed E-state index contributed by atoms with van der Waals surface area (Å²) in [6.45, 7) is 0. The number of hydrogen-bond donors (Lipinski definition) is 1. The quantitative estimate of drug-likeness (QED) is 0.837. The highest BCUT2D eigenvalue weighted by Gasteiger charge is 2.24. The summed E-state index contributed by atoms with van der Waals surface area (Å²) in [5.41, 5.74) is 7.34. The van der Waals surface area contributed by atoms with Crippen LogP contribution in [0.3, 0.4) is 0 Å². The van der Waals surface area contributed by atoms with Gasteiger partial charge in [-0.1, -0.05) is 46.4 Å². The van der Waals surface area contributed by atoms with E-state index in [1.54, 1.807) is 0 Å². The van der Waals surface area contributed by atoms with Crippen molar-refractivity contribution in [3.05, 3.63) is 33.3 Å². The van der Waals surface area contributed by atoms with Crippen LogP contribution >= 0.6 is 39.9 Å². The maximum atomic E-state index is 6.25. The van der Waals surface area contributed by atoms with Crippen molar-refractivity contribution in [2.75, 3.05) is 0 Å². The Morgan fingerprint density at radius 3 is 2.50 bits per heavy atom. The SMILES string of the molecule is Cl.N[C@H](c1ccc(Br)cc1Cl)C1CCCC1. The first-order valence-corrected chi connectivity index (χ1v) is 6.56. The summed E-state index contributed by atoms with van der Waals surface area (Å²) in [7, 11) is 0. The number of rotatable bonds is 2. The zero-order chi connectivity index (χ0) is 10.8. The van der Waals surface area contributed by atoms with Crippen LogP contribution in [0.25, 0.3) is 0 Å². The fourth-order valence-electron chi connectivity index (χ4n) is 2.34. The number of benzene rings is 1. The molecule has 1 atom stereocenters. The second kappa shape index (κ2) is 6.25. The Kier molecular flexibility index (Phi) is 5.58. The van der Waals surface area contributed by atoms with Crippen molar-refractivity contribution in [1.29, 1.82) is 0 Å². The van der Waals surface area contributed by atoms with Crippen molar-refractivity contribution in [2.45, 2.75) is 31.7 Å². The number of nitrogens with two attached hydrogens (primary N) is 1. The number of halogens is 3. The molecule has 1 saturated carbocycles. The van der Waals surface area contributed by atoms with Gasteiger partial charge in [-0.05, 0) is 36.5 Å². The van der Waals surface area contributed by atoms with Crippen molar-refractivity contribution in [1.82, 2.24) is 0 Å². The Bertz CT molecular complexity index is 351. The molecule has 0 unspecified atom stereocenters. The van der Waals surface area contributed by atoms with Gasteiger partial charge in [0.05, 0.1) is 0 Å². The smallest absolute Gasteiger partial charge is 0.0465 e. The van der Waals surface area contributed by atoms with Gasteiger partial charge < -0.3 is 5.73 Å². The van der Waals surface area contributed by atoms with Gasteiger partial charge in [-0.25, -0.2) is 0 Å². The Morgan fingerprint density at radius 2 is 1.94 bits per heavy atom. The molecule has 0 aliphatic heterocycles. The van der Waals surface area contributed by atoms with Gasteiger partial charge in [0.1, 0.15) is 0 Å². The van der Waals surface area contributed by atoms with Crippen LogP contribution in [-0.4, -0.2) is 0 Å². The highest BCUT2D eigenvalue weighted by Crippen LogP contribution is 2.37. The van der Waals surface area contributed by atoms with Gasteiger partial charge in [0.25, 0.3) is 0 Å². The second-order valence-corrected chi connectivity index (χ2v) is 5.56. The van der Waals surface area contributed by atoms with Crippen molar-refractivity contribution in [2.24, 2.45) is 11.7 Å². The molecule has 0 radical (unpaired) electrons. The molecule has 90 valence electrons. The van der Waals surface area contributed by atoms with Crippen LogP contribution in [0.5, 0.6) is 0 Å². The van der Waals surface area contributed by atoms with E-state index >= 15 is 0 Å². The van der Waals surface area contributed by atoms with Crippen molar-refractivity contribution in [3.8, 4) is 0 Å². The highest BCUT2D eigenvalue weighted by atomic mass is 79.9. The normalized spacial score (nSPS) is 18.2. The van der Waals surface area contributed by atoms with E-state index in [9.17, 15) is 0 Å². The Hall–Kier alpha value is 0.240. The molecule has 0 amide bonds. The summed E-state index contributed by atoms with van der Waals surface area (Å²) in [4.78, 5) is 0. The van der Waals surface area contributed by atoms with E-state index in [4.69, 9.17) is 17.3 Å². The maximum absolute atomic E-state index is 6.25. The fraction of sp³-hybridized carbons (Fsp3) is 0.500. The molecule has 1 aromatic carbocycles. The van der Waals surface area contributed by atoms with Crippen LogP contribution in [0.1, 0.15) is 37.3 Å². The Labute approximate surface area is 116 Å². The predicted molar refractivity (Wildman–Crippen MR) is 75.3 cm³/mol. The predicted octanol–water partition coefficient (Wildman–Crippen LogP) is 4.71. The zero-order valence-corrected chi connectivity index (χ0v) is 12.1. The van der Waals surface area contributed by atoms with Gasteiger partial charge in [0.15, 0.2) is 0 Å². The molecule has 1 nitrogen and oxygen atoms in total. The topological polar surface area (TPSA) is 26.0 Å². The minimum Gasteiger partial charge on any atom is -0.324 e. The third kappa shape index (κ3) is 3.13. The summed E-state index contributed by atoms with van der Waals surface area (Å²) >= 11 is 9.60. The first kappa shape index (κ1) is 14.3. The fourth-order valence-corrected chi connectivity index (χ4v) is 3.14. The summed E-state index contributed by atoms with van der Waals surface area (Å²) in [6, 6.07) is 6.07. The molecule has 0 bridgehead atoms. The largest absolute Gasteiger partial charge is 0.324 e. The third-order valence-corrected chi connectivity index (χ3v) is 4.05. The molecule has 1 aliphatic carbocycles. The summed E-state index contributed by atoms with van der Waals surface area (Å²) in [5, 5.41) is 0.781. The van der Waals surface area contributed by atoms with Gasteiger partial charge in [-0.2, -0.15) is 0 Å². The van der Waals surface area contributed by atoms with Crippen molar-refractivity contribution < 1.29 is 0 Å². The minimum atomic E-state index is 0.